The molecule has 4 rings (SSSR count). The third kappa shape index (κ3) is 5.59. The molecule has 0 radical (unpaired) electrons. The van der Waals surface area contributed by atoms with Gasteiger partial charge in [-0.25, -0.2) is 4.79 Å². The molecule has 0 bridgehead atoms. The van der Waals surface area contributed by atoms with Crippen LogP contribution in [-0.2, 0) is 11.2 Å². The second-order valence-electron chi connectivity index (χ2n) is 8.25. The Kier molecular flexibility index (Phi) is 7.00. The lowest BCUT2D eigenvalue weighted by molar-refractivity contribution is -0.139. The van der Waals surface area contributed by atoms with Gasteiger partial charge < -0.3 is 29.3 Å². The van der Waals surface area contributed by atoms with Crippen molar-refractivity contribution in [2.75, 3.05) is 32.8 Å². The minimum absolute atomic E-state index is 0.0993. The Morgan fingerprint density at radius 1 is 1.16 bits per heavy atom. The molecule has 2 heterocycles. The van der Waals surface area contributed by atoms with Gasteiger partial charge in [-0.2, -0.15) is 0 Å². The van der Waals surface area contributed by atoms with E-state index < -0.39 is 18.7 Å². The Labute approximate surface area is 196 Å². The topological polar surface area (TPSA) is 88.5 Å². The summed E-state index contributed by atoms with van der Waals surface area (Å²) in [6.07, 6.45) is 1.96. The lowest BCUT2D eigenvalue weighted by Gasteiger charge is -2.39. The molecule has 7 nitrogen and oxygen atoms in total. The number of aliphatic carboxylic acids is 1. The van der Waals surface area contributed by atoms with Gasteiger partial charge in [-0.15, -0.1) is 0 Å². The van der Waals surface area contributed by atoms with Crippen LogP contribution in [0.5, 0.6) is 17.2 Å². The van der Waals surface area contributed by atoms with E-state index in [0.717, 1.165) is 48.7 Å². The zero-order chi connectivity index (χ0) is 22.7. The number of nitrogens with zero attached hydrogens (tertiary/aromatic N) is 1. The van der Waals surface area contributed by atoms with Crippen LogP contribution in [0, 0.1) is 0 Å². The number of aliphatic hydroxyl groups is 1. The van der Waals surface area contributed by atoms with Crippen LogP contribution in [0.2, 0.25) is 10.0 Å². The average Bonchev–Trinajstić information content (AvgIpc) is 3.11. The number of ether oxygens (including phenoxy) is 3. The van der Waals surface area contributed by atoms with Gasteiger partial charge in [-0.1, -0.05) is 23.2 Å². The van der Waals surface area contributed by atoms with Crippen molar-refractivity contribution in [2.24, 2.45) is 0 Å². The zero-order valence-electron chi connectivity index (χ0n) is 17.4. The highest BCUT2D eigenvalue weighted by Crippen LogP contribution is 2.42. The van der Waals surface area contributed by atoms with Crippen molar-refractivity contribution < 1.29 is 29.2 Å². The molecule has 0 saturated carbocycles. The normalized spacial score (nSPS) is 18.1. The Morgan fingerprint density at radius 3 is 2.69 bits per heavy atom. The number of carbonyl (C=O) groups is 1. The molecule has 1 saturated heterocycles. The van der Waals surface area contributed by atoms with E-state index in [1.165, 1.54) is 6.07 Å². The van der Waals surface area contributed by atoms with Crippen molar-refractivity contribution in [3.05, 3.63) is 52.0 Å². The molecular formula is C23H25Cl2NO6. The van der Waals surface area contributed by atoms with Gasteiger partial charge in [0.05, 0.1) is 5.02 Å². The third-order valence-electron chi connectivity index (χ3n) is 5.79. The van der Waals surface area contributed by atoms with Crippen LogP contribution in [0.3, 0.4) is 0 Å². The molecular weight excluding hydrogens is 457 g/mol. The van der Waals surface area contributed by atoms with Gasteiger partial charge in [-0.05, 0) is 35.9 Å². The van der Waals surface area contributed by atoms with Gasteiger partial charge in [-0.3, -0.25) is 0 Å². The van der Waals surface area contributed by atoms with Crippen LogP contribution < -0.4 is 14.2 Å². The predicted molar refractivity (Wildman–Crippen MR) is 120 cm³/mol. The summed E-state index contributed by atoms with van der Waals surface area (Å²) in [5.74, 6) is 0.496. The zero-order valence-corrected chi connectivity index (χ0v) is 18.9. The summed E-state index contributed by atoms with van der Waals surface area (Å²) >= 11 is 12.1. The van der Waals surface area contributed by atoms with Gasteiger partial charge in [0.1, 0.15) is 35.6 Å². The Morgan fingerprint density at radius 2 is 1.94 bits per heavy atom. The largest absolute Gasteiger partial charge is 0.491 e. The third-order valence-corrected chi connectivity index (χ3v) is 6.34. The van der Waals surface area contributed by atoms with Gasteiger partial charge in [0.15, 0.2) is 6.61 Å². The van der Waals surface area contributed by atoms with Crippen LogP contribution >= 0.6 is 23.2 Å². The summed E-state index contributed by atoms with van der Waals surface area (Å²) < 4.78 is 17.1. The Hall–Kier alpha value is -2.19. The molecule has 0 aliphatic carbocycles. The van der Waals surface area contributed by atoms with E-state index in [9.17, 15) is 9.90 Å². The van der Waals surface area contributed by atoms with Gasteiger partial charge in [0.25, 0.3) is 0 Å². The van der Waals surface area contributed by atoms with Crippen molar-refractivity contribution in [1.29, 1.82) is 0 Å². The fraction of sp³-hybridized carbons (Fsp3) is 0.435. The van der Waals surface area contributed by atoms with Crippen molar-refractivity contribution in [3.63, 3.8) is 0 Å². The number of fused-ring (bicyclic) bond motifs is 1. The van der Waals surface area contributed by atoms with Crippen molar-refractivity contribution in [2.45, 2.75) is 31.0 Å². The summed E-state index contributed by atoms with van der Waals surface area (Å²) in [5, 5.41) is 20.2. The number of piperidine rings is 1. The van der Waals surface area contributed by atoms with Crippen LogP contribution in [0.15, 0.2) is 36.4 Å². The van der Waals surface area contributed by atoms with E-state index in [4.69, 9.17) is 42.5 Å². The maximum atomic E-state index is 10.7. The number of hydrogen-bond acceptors (Lipinski definition) is 6. The summed E-state index contributed by atoms with van der Waals surface area (Å²) in [6.45, 7) is 1.75. The number of β-amino-alcohol motifs (C(OH)–C–C–N with tert-alkyl or cyclic N) is 1. The minimum atomic E-state index is -1.10. The van der Waals surface area contributed by atoms with E-state index in [1.807, 2.05) is 18.2 Å². The predicted octanol–water partition coefficient (Wildman–Crippen LogP) is 3.67. The van der Waals surface area contributed by atoms with Gasteiger partial charge in [0.2, 0.25) is 0 Å². The van der Waals surface area contributed by atoms with E-state index >= 15 is 0 Å². The first-order valence-corrected chi connectivity index (χ1v) is 11.2. The van der Waals surface area contributed by atoms with Crippen LogP contribution in [0.1, 0.15) is 18.4 Å². The minimum Gasteiger partial charge on any atom is -0.491 e. The number of carboxylic acids is 1. The highest BCUT2D eigenvalue weighted by Gasteiger charge is 2.42. The second-order valence-corrected chi connectivity index (χ2v) is 9.10. The number of halogens is 2. The molecule has 1 unspecified atom stereocenters. The van der Waals surface area contributed by atoms with E-state index in [1.54, 1.807) is 12.1 Å². The number of carboxylic acid groups (broad SMARTS) is 1. The highest BCUT2D eigenvalue weighted by molar-refractivity contribution is 6.32. The van der Waals surface area contributed by atoms with E-state index in [2.05, 4.69) is 4.90 Å². The smallest absolute Gasteiger partial charge is 0.341 e. The summed E-state index contributed by atoms with van der Waals surface area (Å²) in [6, 6.07) is 10.5. The molecule has 2 aliphatic heterocycles. The number of aliphatic hydroxyl groups excluding tert-OH is 1. The standard InChI is InChI=1S/C23H25Cl2NO6/c24-16-1-4-20-15(9-16)11-23(32-20)5-7-26(8-6-23)12-17(27)13-30-18-2-3-19(25)21(10-18)31-14-22(28)29/h1-4,9-10,17,27H,5-8,11-14H2,(H,28,29). The quantitative estimate of drug-likeness (QED) is 0.594. The molecule has 0 amide bonds. The lowest BCUT2D eigenvalue weighted by Crippen LogP contribution is -2.49. The van der Waals surface area contributed by atoms with E-state index in [-0.39, 0.29) is 18.0 Å². The maximum Gasteiger partial charge on any atom is 0.341 e. The Bertz CT molecular complexity index is 977. The van der Waals surface area contributed by atoms with Gasteiger partial charge in [0, 0.05) is 50.0 Å². The number of benzene rings is 2. The first-order chi connectivity index (χ1) is 15.3. The summed E-state index contributed by atoms with van der Waals surface area (Å²) in [7, 11) is 0. The molecule has 1 spiro atoms. The maximum absolute atomic E-state index is 10.7. The average molecular weight is 482 g/mol. The number of likely N-dealkylation sites (tertiary alicyclic amines) is 1. The molecule has 2 aromatic carbocycles. The fourth-order valence-electron chi connectivity index (χ4n) is 4.19. The summed E-state index contributed by atoms with van der Waals surface area (Å²) in [5.41, 5.74) is 0.981. The van der Waals surface area contributed by atoms with Crippen LogP contribution in [-0.4, -0.2) is 65.6 Å². The molecule has 0 aromatic heterocycles. The highest BCUT2D eigenvalue weighted by atomic mass is 35.5. The van der Waals surface area contributed by atoms with Crippen molar-refractivity contribution in [1.82, 2.24) is 4.90 Å². The Balaban J connectivity index is 1.23. The molecule has 9 heteroatoms. The van der Waals surface area contributed by atoms with Crippen molar-refractivity contribution in [3.8, 4) is 17.2 Å². The first kappa shape index (κ1) is 23.0. The van der Waals surface area contributed by atoms with E-state index in [0.29, 0.717) is 17.3 Å². The molecule has 2 N–H and O–H groups in total. The number of rotatable bonds is 8. The number of hydrogen-bond donors (Lipinski definition) is 2. The molecule has 1 atom stereocenters. The molecule has 172 valence electrons. The first-order valence-electron chi connectivity index (χ1n) is 10.5. The summed E-state index contributed by atoms with van der Waals surface area (Å²) in [4.78, 5) is 12.9. The SMILES string of the molecule is O=C(O)COc1cc(OCC(O)CN2CCC3(CC2)Cc2cc(Cl)ccc2O3)ccc1Cl. The van der Waals surface area contributed by atoms with Crippen LogP contribution in [0.4, 0.5) is 0 Å². The molecule has 2 aliphatic rings. The molecule has 1 fully saturated rings. The second kappa shape index (κ2) is 9.75. The molecule has 2 aromatic rings. The lowest BCUT2D eigenvalue weighted by atomic mass is 9.87. The fourth-order valence-corrected chi connectivity index (χ4v) is 4.56. The molecule has 32 heavy (non-hydrogen) atoms. The van der Waals surface area contributed by atoms with Gasteiger partial charge >= 0.3 is 5.97 Å². The van der Waals surface area contributed by atoms with Crippen LogP contribution in [0.25, 0.3) is 0 Å². The monoisotopic (exact) mass is 481 g/mol. The van der Waals surface area contributed by atoms with Crippen molar-refractivity contribution >= 4 is 29.2 Å².